The zero-order valence-corrected chi connectivity index (χ0v) is 13.0. The van der Waals surface area contributed by atoms with Crippen LogP contribution >= 0.6 is 11.8 Å². The van der Waals surface area contributed by atoms with Gasteiger partial charge in [-0.1, -0.05) is 0 Å². The van der Waals surface area contributed by atoms with Crippen LogP contribution in [0, 0.1) is 11.3 Å². The highest BCUT2D eigenvalue weighted by molar-refractivity contribution is 7.99. The number of amides is 1. The molecule has 0 unspecified atom stereocenters. The predicted octanol–water partition coefficient (Wildman–Crippen LogP) is 2.72. The number of hydrogen-bond donors (Lipinski definition) is 1. The van der Waals surface area contributed by atoms with E-state index in [0.29, 0.717) is 12.0 Å². The van der Waals surface area contributed by atoms with Gasteiger partial charge in [0.25, 0.3) is 0 Å². The molecule has 112 valence electrons. The maximum Gasteiger partial charge on any atom is 0.224 e. The van der Waals surface area contributed by atoms with Crippen LogP contribution < -0.4 is 5.32 Å². The fourth-order valence-electron chi connectivity index (χ4n) is 2.34. The molecule has 1 fully saturated rings. The van der Waals surface area contributed by atoms with Crippen LogP contribution in [0.2, 0.25) is 0 Å². The lowest BCUT2D eigenvalue weighted by molar-refractivity contribution is -0.116. The Bertz CT molecular complexity index is 487. The summed E-state index contributed by atoms with van der Waals surface area (Å²) in [7, 11) is 0. The molecule has 0 aromatic heterocycles. The summed E-state index contributed by atoms with van der Waals surface area (Å²) < 4.78 is 0. The highest BCUT2D eigenvalue weighted by Gasteiger charge is 2.09. The van der Waals surface area contributed by atoms with E-state index in [-0.39, 0.29) is 5.91 Å². The van der Waals surface area contributed by atoms with Crippen molar-refractivity contribution in [2.24, 2.45) is 0 Å². The fraction of sp³-hybridized carbons (Fsp3) is 0.500. The molecular weight excluding hydrogens is 282 g/mol. The molecule has 2 rings (SSSR count). The largest absolute Gasteiger partial charge is 0.326 e. The molecule has 0 spiro atoms. The second-order valence-corrected chi connectivity index (χ2v) is 6.37. The van der Waals surface area contributed by atoms with Crippen LogP contribution in [0.5, 0.6) is 0 Å². The lowest BCUT2D eigenvalue weighted by atomic mass is 10.2. The number of thioether (sulfide) groups is 1. The van der Waals surface area contributed by atoms with E-state index in [4.69, 9.17) is 5.26 Å². The van der Waals surface area contributed by atoms with E-state index < -0.39 is 0 Å². The molecule has 1 aliphatic heterocycles. The van der Waals surface area contributed by atoms with Crippen molar-refractivity contribution in [3.8, 4) is 6.07 Å². The molecule has 5 heteroatoms. The standard InChI is InChI=1S/C16H21N3OS/c17-13-14-4-6-15(7-5-14)18-16(20)3-1-8-19-9-2-11-21-12-10-19/h4-7H,1-3,8-12H2,(H,18,20). The predicted molar refractivity (Wildman–Crippen MR) is 87.4 cm³/mol. The molecule has 1 aromatic carbocycles. The van der Waals surface area contributed by atoms with Gasteiger partial charge >= 0.3 is 0 Å². The van der Waals surface area contributed by atoms with Crippen LogP contribution in [0.4, 0.5) is 5.69 Å². The summed E-state index contributed by atoms with van der Waals surface area (Å²) in [5, 5.41) is 11.6. The van der Waals surface area contributed by atoms with E-state index in [1.807, 2.05) is 11.8 Å². The van der Waals surface area contributed by atoms with Gasteiger partial charge < -0.3 is 10.2 Å². The third-order valence-electron chi connectivity index (χ3n) is 3.49. The molecule has 1 saturated heterocycles. The van der Waals surface area contributed by atoms with E-state index in [2.05, 4.69) is 16.3 Å². The summed E-state index contributed by atoms with van der Waals surface area (Å²) in [4.78, 5) is 14.3. The first-order chi connectivity index (χ1) is 10.3. The molecule has 1 heterocycles. The Morgan fingerprint density at radius 3 is 2.86 bits per heavy atom. The van der Waals surface area contributed by atoms with Crippen molar-refractivity contribution in [3.05, 3.63) is 29.8 Å². The van der Waals surface area contributed by atoms with Gasteiger partial charge in [0.15, 0.2) is 0 Å². The van der Waals surface area contributed by atoms with Gasteiger partial charge in [0.2, 0.25) is 5.91 Å². The van der Waals surface area contributed by atoms with Gasteiger partial charge in [0.1, 0.15) is 0 Å². The number of nitrogens with one attached hydrogen (secondary N) is 1. The van der Waals surface area contributed by atoms with E-state index >= 15 is 0 Å². The minimum atomic E-state index is 0.0453. The first kappa shape index (κ1) is 15.9. The molecule has 1 aromatic rings. The molecule has 0 atom stereocenters. The van der Waals surface area contributed by atoms with Gasteiger partial charge in [0, 0.05) is 24.4 Å². The molecule has 1 amide bonds. The molecule has 21 heavy (non-hydrogen) atoms. The minimum Gasteiger partial charge on any atom is -0.326 e. The van der Waals surface area contributed by atoms with Crippen molar-refractivity contribution in [1.29, 1.82) is 5.26 Å². The summed E-state index contributed by atoms with van der Waals surface area (Å²) in [6.07, 6.45) is 2.69. The van der Waals surface area contributed by atoms with Gasteiger partial charge in [-0.15, -0.1) is 0 Å². The van der Waals surface area contributed by atoms with Crippen LogP contribution in [-0.4, -0.2) is 41.9 Å². The summed E-state index contributed by atoms with van der Waals surface area (Å²) in [5.41, 5.74) is 1.36. The zero-order chi connectivity index (χ0) is 14.9. The van der Waals surface area contributed by atoms with E-state index in [1.165, 1.54) is 17.9 Å². The van der Waals surface area contributed by atoms with Crippen LogP contribution in [0.3, 0.4) is 0 Å². The first-order valence-electron chi connectivity index (χ1n) is 7.38. The van der Waals surface area contributed by atoms with E-state index in [9.17, 15) is 4.79 Å². The Kier molecular flexibility index (Phi) is 6.58. The topological polar surface area (TPSA) is 56.1 Å². The molecule has 0 saturated carbocycles. The average Bonchev–Trinajstić information content (AvgIpc) is 2.77. The van der Waals surface area contributed by atoms with E-state index in [1.54, 1.807) is 24.3 Å². The third-order valence-corrected chi connectivity index (χ3v) is 4.54. The molecule has 0 radical (unpaired) electrons. The van der Waals surface area contributed by atoms with Crippen molar-refractivity contribution in [2.45, 2.75) is 19.3 Å². The molecule has 1 N–H and O–H groups in total. The maximum absolute atomic E-state index is 11.9. The van der Waals surface area contributed by atoms with Crippen molar-refractivity contribution in [2.75, 3.05) is 36.5 Å². The zero-order valence-electron chi connectivity index (χ0n) is 12.2. The molecule has 0 aliphatic carbocycles. The van der Waals surface area contributed by atoms with Crippen LogP contribution in [-0.2, 0) is 4.79 Å². The van der Waals surface area contributed by atoms with Crippen molar-refractivity contribution in [1.82, 2.24) is 4.90 Å². The Hall–Kier alpha value is -1.51. The summed E-state index contributed by atoms with van der Waals surface area (Å²) in [6.45, 7) is 3.30. The normalized spacial score (nSPS) is 16.0. The van der Waals surface area contributed by atoms with Gasteiger partial charge in [-0.3, -0.25) is 4.79 Å². The lowest BCUT2D eigenvalue weighted by Gasteiger charge is -2.18. The SMILES string of the molecule is N#Cc1ccc(NC(=O)CCCN2CCCSCC2)cc1. The number of anilines is 1. The summed E-state index contributed by atoms with van der Waals surface area (Å²) >= 11 is 2.02. The summed E-state index contributed by atoms with van der Waals surface area (Å²) in [6, 6.07) is 9.02. The van der Waals surface area contributed by atoms with Crippen LogP contribution in [0.25, 0.3) is 0 Å². The smallest absolute Gasteiger partial charge is 0.224 e. The fourth-order valence-corrected chi connectivity index (χ4v) is 3.26. The Balaban J connectivity index is 1.68. The number of nitriles is 1. The monoisotopic (exact) mass is 303 g/mol. The Labute approximate surface area is 130 Å². The first-order valence-corrected chi connectivity index (χ1v) is 8.53. The number of hydrogen-bond acceptors (Lipinski definition) is 4. The number of carbonyl (C=O) groups is 1. The van der Waals surface area contributed by atoms with Gasteiger partial charge in [-0.25, -0.2) is 0 Å². The maximum atomic E-state index is 11.9. The molecule has 1 aliphatic rings. The van der Waals surface area contributed by atoms with Crippen LogP contribution in [0.1, 0.15) is 24.8 Å². The third kappa shape index (κ3) is 5.78. The van der Waals surface area contributed by atoms with Crippen molar-refractivity contribution in [3.63, 3.8) is 0 Å². The second kappa shape index (κ2) is 8.71. The van der Waals surface area contributed by atoms with Crippen molar-refractivity contribution >= 4 is 23.4 Å². The number of rotatable bonds is 5. The van der Waals surface area contributed by atoms with Gasteiger partial charge in [-0.2, -0.15) is 17.0 Å². The highest BCUT2D eigenvalue weighted by atomic mass is 32.2. The second-order valence-electron chi connectivity index (χ2n) is 5.15. The molecule has 4 nitrogen and oxygen atoms in total. The van der Waals surface area contributed by atoms with Crippen LogP contribution in [0.15, 0.2) is 24.3 Å². The Morgan fingerprint density at radius 1 is 1.29 bits per heavy atom. The Morgan fingerprint density at radius 2 is 2.10 bits per heavy atom. The van der Waals surface area contributed by atoms with Gasteiger partial charge in [0.05, 0.1) is 11.6 Å². The molecule has 0 bridgehead atoms. The quantitative estimate of drug-likeness (QED) is 0.908. The highest BCUT2D eigenvalue weighted by Crippen LogP contribution is 2.12. The average molecular weight is 303 g/mol. The van der Waals surface area contributed by atoms with Crippen molar-refractivity contribution < 1.29 is 4.79 Å². The minimum absolute atomic E-state index is 0.0453. The summed E-state index contributed by atoms with van der Waals surface area (Å²) in [5.74, 6) is 2.51. The van der Waals surface area contributed by atoms with E-state index in [0.717, 1.165) is 31.7 Å². The lowest BCUT2D eigenvalue weighted by Crippen LogP contribution is -2.27. The molecular formula is C16H21N3OS. The van der Waals surface area contributed by atoms with Gasteiger partial charge in [-0.05, 0) is 55.9 Å². The number of benzene rings is 1. The number of nitrogens with zero attached hydrogens (tertiary/aromatic N) is 2. The number of carbonyl (C=O) groups excluding carboxylic acids is 1.